The molecular formula is C15H11N3O2S. The monoisotopic (exact) mass is 297 g/mol. The van der Waals surface area contributed by atoms with Crippen molar-refractivity contribution in [2.45, 2.75) is 0 Å². The highest BCUT2D eigenvalue weighted by atomic mass is 32.1. The SMILES string of the molecule is Nc1ccc([N+](=O)[O-])cc1-c1nc(-c2ccccc2)cs1. The van der Waals surface area contributed by atoms with E-state index in [0.29, 0.717) is 16.3 Å². The Morgan fingerprint density at radius 2 is 1.90 bits per heavy atom. The van der Waals surface area contributed by atoms with Gasteiger partial charge in [0.2, 0.25) is 0 Å². The molecule has 5 nitrogen and oxygen atoms in total. The number of hydrogen-bond donors (Lipinski definition) is 1. The van der Waals surface area contributed by atoms with Crippen LogP contribution in [-0.4, -0.2) is 9.91 Å². The van der Waals surface area contributed by atoms with E-state index in [1.54, 1.807) is 0 Å². The lowest BCUT2D eigenvalue weighted by Gasteiger charge is -2.01. The maximum Gasteiger partial charge on any atom is 0.270 e. The molecule has 0 saturated heterocycles. The average Bonchev–Trinajstić information content (AvgIpc) is 2.98. The van der Waals surface area contributed by atoms with E-state index in [1.807, 2.05) is 35.7 Å². The minimum Gasteiger partial charge on any atom is -0.398 e. The highest BCUT2D eigenvalue weighted by Crippen LogP contribution is 2.34. The van der Waals surface area contributed by atoms with Crippen LogP contribution < -0.4 is 5.73 Å². The van der Waals surface area contributed by atoms with Gasteiger partial charge in [0, 0.05) is 34.3 Å². The number of anilines is 1. The molecule has 21 heavy (non-hydrogen) atoms. The van der Waals surface area contributed by atoms with Gasteiger partial charge in [0.1, 0.15) is 5.01 Å². The Labute approximate surface area is 124 Å². The summed E-state index contributed by atoms with van der Waals surface area (Å²) in [6.07, 6.45) is 0. The van der Waals surface area contributed by atoms with Crippen LogP contribution in [0, 0.1) is 10.1 Å². The molecule has 0 unspecified atom stereocenters. The number of benzene rings is 2. The predicted molar refractivity (Wildman–Crippen MR) is 84.1 cm³/mol. The smallest absolute Gasteiger partial charge is 0.270 e. The van der Waals surface area contributed by atoms with Crippen molar-refractivity contribution in [1.29, 1.82) is 0 Å². The van der Waals surface area contributed by atoms with Gasteiger partial charge >= 0.3 is 0 Å². The van der Waals surface area contributed by atoms with Crippen molar-refractivity contribution in [3.8, 4) is 21.8 Å². The summed E-state index contributed by atoms with van der Waals surface area (Å²) < 4.78 is 0. The van der Waals surface area contributed by atoms with Gasteiger partial charge in [0.25, 0.3) is 5.69 Å². The van der Waals surface area contributed by atoms with Crippen molar-refractivity contribution in [3.63, 3.8) is 0 Å². The number of nitrogens with two attached hydrogens (primary N) is 1. The van der Waals surface area contributed by atoms with E-state index in [2.05, 4.69) is 4.98 Å². The average molecular weight is 297 g/mol. The molecule has 0 fully saturated rings. The maximum absolute atomic E-state index is 10.9. The first kappa shape index (κ1) is 13.3. The van der Waals surface area contributed by atoms with Gasteiger partial charge in [-0.1, -0.05) is 30.3 Å². The molecule has 0 bridgehead atoms. The molecule has 6 heteroatoms. The summed E-state index contributed by atoms with van der Waals surface area (Å²) in [5, 5.41) is 13.5. The molecule has 3 aromatic rings. The van der Waals surface area contributed by atoms with E-state index >= 15 is 0 Å². The molecular weight excluding hydrogens is 286 g/mol. The number of thiazole rings is 1. The quantitative estimate of drug-likeness (QED) is 0.450. The Balaban J connectivity index is 2.04. The van der Waals surface area contributed by atoms with Crippen LogP contribution in [0.3, 0.4) is 0 Å². The summed E-state index contributed by atoms with van der Waals surface area (Å²) in [4.78, 5) is 15.0. The molecule has 0 atom stereocenters. The number of nitrogen functional groups attached to an aromatic ring is 1. The van der Waals surface area contributed by atoms with Gasteiger partial charge in [0.05, 0.1) is 10.6 Å². The third-order valence-electron chi connectivity index (χ3n) is 3.05. The third-order valence-corrected chi connectivity index (χ3v) is 3.93. The van der Waals surface area contributed by atoms with Gasteiger partial charge in [-0.05, 0) is 6.07 Å². The van der Waals surface area contributed by atoms with Gasteiger partial charge < -0.3 is 5.73 Å². The van der Waals surface area contributed by atoms with Gasteiger partial charge in [-0.3, -0.25) is 10.1 Å². The molecule has 0 radical (unpaired) electrons. The Morgan fingerprint density at radius 1 is 1.14 bits per heavy atom. The molecule has 0 spiro atoms. The second-order valence-electron chi connectivity index (χ2n) is 4.43. The zero-order valence-corrected chi connectivity index (χ0v) is 11.7. The maximum atomic E-state index is 10.9. The first-order chi connectivity index (χ1) is 10.1. The van der Waals surface area contributed by atoms with E-state index in [1.165, 1.54) is 29.5 Å². The third kappa shape index (κ3) is 2.61. The molecule has 1 heterocycles. The zero-order valence-electron chi connectivity index (χ0n) is 10.9. The van der Waals surface area contributed by atoms with Crippen molar-refractivity contribution in [2.24, 2.45) is 0 Å². The number of nitrogens with zero attached hydrogens (tertiary/aromatic N) is 2. The molecule has 1 aromatic heterocycles. The van der Waals surface area contributed by atoms with Crippen LogP contribution in [0.1, 0.15) is 0 Å². The van der Waals surface area contributed by atoms with Crippen LogP contribution in [-0.2, 0) is 0 Å². The molecule has 0 saturated carbocycles. The van der Waals surface area contributed by atoms with Gasteiger partial charge in [-0.15, -0.1) is 11.3 Å². The summed E-state index contributed by atoms with van der Waals surface area (Å²) >= 11 is 1.42. The van der Waals surface area contributed by atoms with Crippen LogP contribution in [0.2, 0.25) is 0 Å². The molecule has 0 aliphatic rings. The highest BCUT2D eigenvalue weighted by Gasteiger charge is 2.14. The van der Waals surface area contributed by atoms with Gasteiger partial charge in [-0.25, -0.2) is 4.98 Å². The Hall–Kier alpha value is -2.73. The van der Waals surface area contributed by atoms with Crippen molar-refractivity contribution in [2.75, 3.05) is 5.73 Å². The highest BCUT2D eigenvalue weighted by molar-refractivity contribution is 7.13. The first-order valence-corrected chi connectivity index (χ1v) is 7.08. The van der Waals surface area contributed by atoms with Crippen molar-refractivity contribution >= 4 is 22.7 Å². The topological polar surface area (TPSA) is 82.0 Å². The van der Waals surface area contributed by atoms with E-state index < -0.39 is 4.92 Å². The first-order valence-electron chi connectivity index (χ1n) is 6.20. The van der Waals surface area contributed by atoms with Crippen molar-refractivity contribution in [1.82, 2.24) is 4.98 Å². The molecule has 3 rings (SSSR count). The van der Waals surface area contributed by atoms with Gasteiger partial charge in [-0.2, -0.15) is 0 Å². The number of nitro groups is 1. The fourth-order valence-electron chi connectivity index (χ4n) is 1.98. The number of aromatic nitrogens is 1. The summed E-state index contributed by atoms with van der Waals surface area (Å²) in [5.74, 6) is 0. The minimum atomic E-state index is -0.436. The zero-order chi connectivity index (χ0) is 14.8. The van der Waals surface area contributed by atoms with E-state index in [-0.39, 0.29) is 5.69 Å². The number of rotatable bonds is 3. The fourth-order valence-corrected chi connectivity index (χ4v) is 2.85. The van der Waals surface area contributed by atoms with Crippen LogP contribution in [0.4, 0.5) is 11.4 Å². The second-order valence-corrected chi connectivity index (χ2v) is 5.29. The van der Waals surface area contributed by atoms with Crippen LogP contribution in [0.5, 0.6) is 0 Å². The molecule has 2 aromatic carbocycles. The van der Waals surface area contributed by atoms with Gasteiger partial charge in [0.15, 0.2) is 0 Å². The molecule has 0 aliphatic carbocycles. The number of nitro benzene ring substituents is 1. The lowest BCUT2D eigenvalue weighted by molar-refractivity contribution is -0.384. The van der Waals surface area contributed by atoms with E-state index in [4.69, 9.17) is 5.73 Å². The van der Waals surface area contributed by atoms with Crippen LogP contribution in [0.15, 0.2) is 53.9 Å². The van der Waals surface area contributed by atoms with E-state index in [0.717, 1.165) is 11.3 Å². The Bertz CT molecular complexity index is 800. The van der Waals surface area contributed by atoms with Crippen LogP contribution in [0.25, 0.3) is 21.8 Å². The standard InChI is InChI=1S/C15H11N3O2S/c16-13-7-6-11(18(19)20)8-12(13)15-17-14(9-21-15)10-4-2-1-3-5-10/h1-9H,16H2. The largest absolute Gasteiger partial charge is 0.398 e. The lowest BCUT2D eigenvalue weighted by Crippen LogP contribution is -1.93. The van der Waals surface area contributed by atoms with E-state index in [9.17, 15) is 10.1 Å². The number of hydrogen-bond acceptors (Lipinski definition) is 5. The van der Waals surface area contributed by atoms with Crippen LogP contribution >= 0.6 is 11.3 Å². The molecule has 2 N–H and O–H groups in total. The fraction of sp³-hybridized carbons (Fsp3) is 0. The normalized spacial score (nSPS) is 10.5. The Morgan fingerprint density at radius 3 is 2.62 bits per heavy atom. The predicted octanol–water partition coefficient (Wildman–Crippen LogP) is 3.97. The lowest BCUT2D eigenvalue weighted by atomic mass is 10.1. The molecule has 0 amide bonds. The van der Waals surface area contributed by atoms with Crippen molar-refractivity contribution in [3.05, 3.63) is 64.0 Å². The second kappa shape index (κ2) is 5.34. The molecule has 0 aliphatic heterocycles. The summed E-state index contributed by atoms with van der Waals surface area (Å²) in [6, 6.07) is 14.2. The molecule has 104 valence electrons. The summed E-state index contributed by atoms with van der Waals surface area (Å²) in [6.45, 7) is 0. The Kier molecular flexibility index (Phi) is 3.37. The summed E-state index contributed by atoms with van der Waals surface area (Å²) in [7, 11) is 0. The number of non-ortho nitro benzene ring substituents is 1. The minimum absolute atomic E-state index is 0.00987. The summed E-state index contributed by atoms with van der Waals surface area (Å²) in [5.41, 5.74) is 8.84. The van der Waals surface area contributed by atoms with Crippen molar-refractivity contribution < 1.29 is 4.92 Å².